The summed E-state index contributed by atoms with van der Waals surface area (Å²) >= 11 is 0. The Morgan fingerprint density at radius 1 is 0.870 bits per heavy atom. The molecule has 0 fully saturated rings. The molecule has 4 nitrogen and oxygen atoms in total. The molecule has 0 aromatic heterocycles. The van der Waals surface area contributed by atoms with Crippen LogP contribution in [0.1, 0.15) is 91.4 Å². The van der Waals surface area contributed by atoms with Gasteiger partial charge in [-0.15, -0.1) is 0 Å². The summed E-state index contributed by atoms with van der Waals surface area (Å²) < 4.78 is 9.89. The zero-order valence-corrected chi connectivity index (χ0v) is 15.1. The maximum atomic E-state index is 11.4. The fraction of sp³-hybridized carbons (Fsp3) is 0.789. The third-order valence-corrected chi connectivity index (χ3v) is 3.42. The highest BCUT2D eigenvalue weighted by Gasteiger charge is 2.09. The average molecular weight is 326 g/mol. The molecule has 23 heavy (non-hydrogen) atoms. The van der Waals surface area contributed by atoms with Crippen molar-refractivity contribution in [2.24, 2.45) is 0 Å². The van der Waals surface area contributed by atoms with Crippen molar-refractivity contribution in [3.63, 3.8) is 0 Å². The normalized spacial score (nSPS) is 11.1. The zero-order chi connectivity index (χ0) is 17.3. The minimum Gasteiger partial charge on any atom is -0.463 e. The van der Waals surface area contributed by atoms with Crippen LogP contribution >= 0.6 is 0 Å². The Bertz CT molecular complexity index is 334. The molecule has 0 spiro atoms. The van der Waals surface area contributed by atoms with E-state index in [2.05, 4.69) is 6.92 Å². The Kier molecular flexibility index (Phi) is 14.7. The van der Waals surface area contributed by atoms with Gasteiger partial charge < -0.3 is 9.47 Å². The summed E-state index contributed by atoms with van der Waals surface area (Å²) in [6.45, 7) is 5.80. The Morgan fingerprint density at radius 2 is 1.43 bits per heavy atom. The molecule has 0 radical (unpaired) electrons. The zero-order valence-electron chi connectivity index (χ0n) is 15.1. The van der Waals surface area contributed by atoms with Crippen molar-refractivity contribution in [1.29, 1.82) is 0 Å². The van der Waals surface area contributed by atoms with Gasteiger partial charge in [-0.25, -0.2) is 0 Å². The van der Waals surface area contributed by atoms with E-state index < -0.39 is 5.97 Å². The Balaban J connectivity index is 3.42. The molecule has 0 rings (SSSR count). The number of ether oxygens (including phenoxy) is 2. The molecule has 0 unspecified atom stereocenters. The monoisotopic (exact) mass is 326 g/mol. The van der Waals surface area contributed by atoms with E-state index >= 15 is 0 Å². The van der Waals surface area contributed by atoms with Gasteiger partial charge >= 0.3 is 11.9 Å². The van der Waals surface area contributed by atoms with Crippen molar-refractivity contribution in [2.75, 3.05) is 0 Å². The summed E-state index contributed by atoms with van der Waals surface area (Å²) in [5.74, 6) is -0.752. The lowest BCUT2D eigenvalue weighted by atomic mass is 10.1. The molecule has 0 aromatic rings. The lowest BCUT2D eigenvalue weighted by molar-refractivity contribution is -0.150. The van der Waals surface area contributed by atoms with Gasteiger partial charge in [0.25, 0.3) is 0 Å². The SMILES string of the molecule is CCCCCCCCCC/C=C/OC(=O)CCC(=O)OC(C)C. The first kappa shape index (κ1) is 21.7. The van der Waals surface area contributed by atoms with Gasteiger partial charge in [-0.05, 0) is 32.8 Å². The van der Waals surface area contributed by atoms with Crippen molar-refractivity contribution in [3.05, 3.63) is 12.3 Å². The molecule has 0 aliphatic rings. The Hall–Kier alpha value is -1.32. The fourth-order valence-electron chi connectivity index (χ4n) is 2.17. The molecule has 0 atom stereocenters. The summed E-state index contributed by atoms with van der Waals surface area (Å²) in [4.78, 5) is 22.7. The first-order valence-electron chi connectivity index (χ1n) is 9.10. The molecular formula is C19H34O4. The first-order valence-corrected chi connectivity index (χ1v) is 9.10. The Morgan fingerprint density at radius 3 is 2.04 bits per heavy atom. The molecule has 0 bridgehead atoms. The van der Waals surface area contributed by atoms with Gasteiger partial charge in [-0.3, -0.25) is 9.59 Å². The van der Waals surface area contributed by atoms with Crippen molar-refractivity contribution >= 4 is 11.9 Å². The van der Waals surface area contributed by atoms with Crippen LogP contribution in [-0.4, -0.2) is 18.0 Å². The third-order valence-electron chi connectivity index (χ3n) is 3.42. The van der Waals surface area contributed by atoms with E-state index in [4.69, 9.17) is 9.47 Å². The van der Waals surface area contributed by atoms with Crippen LogP contribution in [0.5, 0.6) is 0 Å². The molecule has 0 amide bonds. The van der Waals surface area contributed by atoms with Crippen LogP contribution in [0, 0.1) is 0 Å². The van der Waals surface area contributed by atoms with Crippen molar-refractivity contribution in [1.82, 2.24) is 0 Å². The highest BCUT2D eigenvalue weighted by molar-refractivity contribution is 5.77. The van der Waals surface area contributed by atoms with Crippen LogP contribution in [0.3, 0.4) is 0 Å². The second-order valence-electron chi connectivity index (χ2n) is 6.16. The third kappa shape index (κ3) is 16.9. The number of unbranched alkanes of at least 4 members (excludes halogenated alkanes) is 8. The number of hydrogen-bond donors (Lipinski definition) is 0. The van der Waals surface area contributed by atoms with E-state index in [0.717, 1.165) is 12.8 Å². The predicted octanol–water partition coefficient (Wildman–Crippen LogP) is 5.31. The second kappa shape index (κ2) is 15.6. The van der Waals surface area contributed by atoms with Crippen LogP contribution in [0.25, 0.3) is 0 Å². The standard InChI is InChI=1S/C19H34O4/c1-4-5-6-7-8-9-10-11-12-13-16-22-18(20)14-15-19(21)23-17(2)3/h13,16-17H,4-12,14-15H2,1-3H3/b16-13+. The number of carbonyl (C=O) groups is 2. The van der Waals surface area contributed by atoms with Crippen molar-refractivity contribution < 1.29 is 19.1 Å². The molecule has 4 heteroatoms. The van der Waals surface area contributed by atoms with E-state index in [-0.39, 0.29) is 24.9 Å². The quantitative estimate of drug-likeness (QED) is 0.247. The van der Waals surface area contributed by atoms with Crippen molar-refractivity contribution in [2.45, 2.75) is 97.5 Å². The van der Waals surface area contributed by atoms with E-state index in [1.165, 1.54) is 51.2 Å². The lowest BCUT2D eigenvalue weighted by Gasteiger charge is -2.06. The molecule has 0 heterocycles. The van der Waals surface area contributed by atoms with Gasteiger partial charge in [0.05, 0.1) is 25.2 Å². The molecule has 0 N–H and O–H groups in total. The average Bonchev–Trinajstić information content (AvgIpc) is 2.50. The maximum Gasteiger partial charge on any atom is 0.311 e. The molecule has 0 aliphatic carbocycles. The number of carbonyl (C=O) groups excluding carboxylic acids is 2. The predicted molar refractivity (Wildman–Crippen MR) is 92.9 cm³/mol. The molecule has 0 aliphatic heterocycles. The van der Waals surface area contributed by atoms with E-state index in [1.807, 2.05) is 6.08 Å². The summed E-state index contributed by atoms with van der Waals surface area (Å²) in [5, 5.41) is 0. The topological polar surface area (TPSA) is 52.6 Å². The molecule has 0 saturated carbocycles. The maximum absolute atomic E-state index is 11.4. The van der Waals surface area contributed by atoms with Crippen LogP contribution in [0.15, 0.2) is 12.3 Å². The van der Waals surface area contributed by atoms with Crippen LogP contribution in [0.2, 0.25) is 0 Å². The van der Waals surface area contributed by atoms with E-state index in [9.17, 15) is 9.59 Å². The molecule has 0 saturated heterocycles. The molecule has 0 aromatic carbocycles. The lowest BCUT2D eigenvalue weighted by Crippen LogP contribution is -2.13. The van der Waals surface area contributed by atoms with Gasteiger partial charge in [0.15, 0.2) is 0 Å². The number of allylic oxidation sites excluding steroid dienone is 1. The van der Waals surface area contributed by atoms with Gasteiger partial charge in [-0.1, -0.05) is 51.9 Å². The summed E-state index contributed by atoms with van der Waals surface area (Å²) in [6.07, 6.45) is 14.6. The second-order valence-corrected chi connectivity index (χ2v) is 6.16. The number of rotatable bonds is 14. The van der Waals surface area contributed by atoms with E-state index in [1.54, 1.807) is 13.8 Å². The largest absolute Gasteiger partial charge is 0.463 e. The summed E-state index contributed by atoms with van der Waals surface area (Å²) in [6, 6.07) is 0. The number of hydrogen-bond acceptors (Lipinski definition) is 4. The first-order chi connectivity index (χ1) is 11.1. The van der Waals surface area contributed by atoms with Crippen LogP contribution in [-0.2, 0) is 19.1 Å². The van der Waals surface area contributed by atoms with Gasteiger partial charge in [0.2, 0.25) is 0 Å². The van der Waals surface area contributed by atoms with Gasteiger partial charge in [0, 0.05) is 0 Å². The van der Waals surface area contributed by atoms with Gasteiger partial charge in [-0.2, -0.15) is 0 Å². The minimum atomic E-state index is -0.391. The van der Waals surface area contributed by atoms with Crippen LogP contribution in [0.4, 0.5) is 0 Å². The van der Waals surface area contributed by atoms with Gasteiger partial charge in [0.1, 0.15) is 0 Å². The highest BCUT2D eigenvalue weighted by atomic mass is 16.5. The number of esters is 2. The smallest absolute Gasteiger partial charge is 0.311 e. The Labute approximate surface area is 141 Å². The summed E-state index contributed by atoms with van der Waals surface area (Å²) in [7, 11) is 0. The minimum absolute atomic E-state index is 0.0631. The van der Waals surface area contributed by atoms with Crippen LogP contribution < -0.4 is 0 Å². The molecular weight excluding hydrogens is 292 g/mol. The van der Waals surface area contributed by atoms with Crippen molar-refractivity contribution in [3.8, 4) is 0 Å². The fourth-order valence-corrected chi connectivity index (χ4v) is 2.17. The summed E-state index contributed by atoms with van der Waals surface area (Å²) in [5.41, 5.74) is 0. The molecule has 134 valence electrons. The van der Waals surface area contributed by atoms with E-state index in [0.29, 0.717) is 0 Å². The highest BCUT2D eigenvalue weighted by Crippen LogP contribution is 2.09.